The maximum Gasteiger partial charge on any atom is 0.265 e. The summed E-state index contributed by atoms with van der Waals surface area (Å²) in [5, 5.41) is 0. The third kappa shape index (κ3) is 1.54. The number of hydrazine groups is 1. The fourth-order valence-corrected chi connectivity index (χ4v) is 0.962. The highest BCUT2D eigenvalue weighted by Crippen LogP contribution is 2.11. The summed E-state index contributed by atoms with van der Waals surface area (Å²) in [6.45, 7) is 1.82. The maximum absolute atomic E-state index is 11.1. The first kappa shape index (κ1) is 8.55. The summed E-state index contributed by atoms with van der Waals surface area (Å²) in [6, 6.07) is 5.11. The van der Waals surface area contributed by atoms with E-state index in [0.717, 1.165) is 5.56 Å². The minimum absolute atomic E-state index is 0.320. The van der Waals surface area contributed by atoms with Crippen LogP contribution in [-0.2, 0) is 0 Å². The molecule has 1 aromatic rings. The van der Waals surface area contributed by atoms with Crippen LogP contribution in [0.1, 0.15) is 15.9 Å². The summed E-state index contributed by atoms with van der Waals surface area (Å²) in [4.78, 5) is 11.1. The molecule has 4 nitrogen and oxygen atoms in total. The lowest BCUT2D eigenvalue weighted by atomic mass is 10.1. The number of nitrogens with one attached hydrogen (secondary N) is 1. The molecule has 0 fully saturated rings. The van der Waals surface area contributed by atoms with E-state index in [-0.39, 0.29) is 5.91 Å². The second-order valence-corrected chi connectivity index (χ2v) is 2.55. The molecule has 1 amide bonds. The van der Waals surface area contributed by atoms with Crippen molar-refractivity contribution in [1.29, 1.82) is 0 Å². The van der Waals surface area contributed by atoms with Gasteiger partial charge in [-0.2, -0.15) is 0 Å². The molecule has 1 rings (SSSR count). The van der Waals surface area contributed by atoms with Gasteiger partial charge in [-0.25, -0.2) is 5.84 Å². The molecule has 0 bridgehead atoms. The maximum atomic E-state index is 11.1. The largest absolute Gasteiger partial charge is 0.399 e. The van der Waals surface area contributed by atoms with Gasteiger partial charge >= 0.3 is 0 Å². The van der Waals surface area contributed by atoms with Crippen LogP contribution in [0.3, 0.4) is 0 Å². The number of hydrogen-bond donors (Lipinski definition) is 3. The fraction of sp³-hybridized carbons (Fsp3) is 0.125. The minimum Gasteiger partial charge on any atom is -0.399 e. The molecule has 0 aromatic heterocycles. The quantitative estimate of drug-likeness (QED) is 0.240. The van der Waals surface area contributed by atoms with Crippen molar-refractivity contribution < 1.29 is 4.79 Å². The molecule has 1 aromatic carbocycles. The topological polar surface area (TPSA) is 81.1 Å². The number of carbonyl (C=O) groups excluding carboxylic acids is 1. The summed E-state index contributed by atoms with van der Waals surface area (Å²) in [7, 11) is 0. The van der Waals surface area contributed by atoms with Gasteiger partial charge in [-0.3, -0.25) is 10.2 Å². The molecule has 0 aliphatic carbocycles. The van der Waals surface area contributed by atoms with Gasteiger partial charge in [0.1, 0.15) is 0 Å². The molecule has 0 aliphatic rings. The van der Waals surface area contributed by atoms with E-state index in [9.17, 15) is 4.79 Å². The van der Waals surface area contributed by atoms with Crippen molar-refractivity contribution in [3.63, 3.8) is 0 Å². The zero-order valence-corrected chi connectivity index (χ0v) is 6.79. The van der Waals surface area contributed by atoms with Crippen molar-refractivity contribution in [2.75, 3.05) is 5.73 Å². The molecule has 0 heterocycles. The van der Waals surface area contributed by atoms with Crippen LogP contribution in [0, 0.1) is 6.92 Å². The van der Waals surface area contributed by atoms with E-state index in [4.69, 9.17) is 11.6 Å². The molecule has 0 saturated carbocycles. The predicted molar refractivity (Wildman–Crippen MR) is 47.2 cm³/mol. The van der Waals surface area contributed by atoms with Gasteiger partial charge in [0.2, 0.25) is 0 Å². The van der Waals surface area contributed by atoms with Gasteiger partial charge in [0.15, 0.2) is 0 Å². The normalized spacial score (nSPS) is 9.50. The van der Waals surface area contributed by atoms with E-state index in [1.807, 2.05) is 6.92 Å². The lowest BCUT2D eigenvalue weighted by molar-refractivity contribution is 0.0953. The van der Waals surface area contributed by atoms with Gasteiger partial charge in [-0.15, -0.1) is 0 Å². The van der Waals surface area contributed by atoms with Crippen LogP contribution in [0.4, 0.5) is 5.69 Å². The van der Waals surface area contributed by atoms with Gasteiger partial charge in [0.25, 0.3) is 5.91 Å². The number of hydrogen-bond acceptors (Lipinski definition) is 3. The number of nitrogens with two attached hydrogens (primary N) is 2. The molecule has 0 spiro atoms. The Morgan fingerprint density at radius 1 is 1.50 bits per heavy atom. The molecule has 0 atom stereocenters. The van der Waals surface area contributed by atoms with Crippen LogP contribution in [0.15, 0.2) is 18.2 Å². The fourth-order valence-electron chi connectivity index (χ4n) is 0.962. The van der Waals surface area contributed by atoms with Crippen molar-refractivity contribution in [1.82, 2.24) is 5.43 Å². The van der Waals surface area contributed by atoms with Gasteiger partial charge in [-0.1, -0.05) is 6.07 Å². The monoisotopic (exact) mass is 165 g/mol. The summed E-state index contributed by atoms with van der Waals surface area (Å²) in [6.07, 6.45) is 0. The van der Waals surface area contributed by atoms with Crippen LogP contribution in [0.5, 0.6) is 0 Å². The number of rotatable bonds is 1. The average molecular weight is 165 g/mol. The van der Waals surface area contributed by atoms with Crippen LogP contribution in [0.2, 0.25) is 0 Å². The molecular formula is C8H11N3O. The van der Waals surface area contributed by atoms with Gasteiger partial charge in [0, 0.05) is 11.3 Å². The van der Waals surface area contributed by atoms with Gasteiger partial charge < -0.3 is 5.73 Å². The predicted octanol–water partition coefficient (Wildman–Crippen LogP) is 0.181. The second-order valence-electron chi connectivity index (χ2n) is 2.55. The Labute approximate surface area is 70.5 Å². The average Bonchev–Trinajstić information content (AvgIpc) is 2.08. The van der Waals surface area contributed by atoms with E-state index in [1.165, 1.54) is 0 Å². The van der Waals surface area contributed by atoms with Crippen molar-refractivity contribution >= 4 is 11.6 Å². The molecule has 4 heteroatoms. The van der Waals surface area contributed by atoms with E-state index in [0.29, 0.717) is 11.3 Å². The molecule has 0 saturated heterocycles. The molecule has 0 aliphatic heterocycles. The Morgan fingerprint density at radius 2 is 2.17 bits per heavy atom. The SMILES string of the molecule is Cc1ccc(N)cc1C(=O)NN. The summed E-state index contributed by atoms with van der Waals surface area (Å²) >= 11 is 0. The van der Waals surface area contributed by atoms with Crippen molar-refractivity contribution in [2.24, 2.45) is 5.84 Å². The Balaban J connectivity index is 3.13. The van der Waals surface area contributed by atoms with Crippen LogP contribution in [-0.4, -0.2) is 5.91 Å². The Bertz CT molecular complexity index is 309. The zero-order valence-electron chi connectivity index (χ0n) is 6.79. The first-order chi connectivity index (χ1) is 5.65. The number of anilines is 1. The number of benzene rings is 1. The van der Waals surface area contributed by atoms with E-state index >= 15 is 0 Å². The lowest BCUT2D eigenvalue weighted by Gasteiger charge is -2.04. The smallest absolute Gasteiger partial charge is 0.265 e. The highest BCUT2D eigenvalue weighted by atomic mass is 16.2. The zero-order chi connectivity index (χ0) is 9.14. The van der Waals surface area contributed by atoms with E-state index < -0.39 is 0 Å². The van der Waals surface area contributed by atoms with E-state index in [1.54, 1.807) is 18.2 Å². The number of nitrogen functional groups attached to an aromatic ring is 2. The molecule has 0 radical (unpaired) electrons. The second kappa shape index (κ2) is 3.23. The first-order valence-electron chi connectivity index (χ1n) is 3.52. The van der Waals surface area contributed by atoms with Crippen LogP contribution >= 0.6 is 0 Å². The highest BCUT2D eigenvalue weighted by Gasteiger charge is 2.06. The van der Waals surface area contributed by atoms with Crippen molar-refractivity contribution in [3.05, 3.63) is 29.3 Å². The minimum atomic E-state index is -0.320. The lowest BCUT2D eigenvalue weighted by Crippen LogP contribution is -2.30. The standard InChI is InChI=1S/C8H11N3O/c1-5-2-3-6(9)4-7(5)8(12)11-10/h2-4H,9-10H2,1H3,(H,11,12). The Hall–Kier alpha value is -1.55. The Kier molecular flexibility index (Phi) is 2.30. The molecular weight excluding hydrogens is 154 g/mol. The van der Waals surface area contributed by atoms with Gasteiger partial charge in [0.05, 0.1) is 0 Å². The van der Waals surface area contributed by atoms with E-state index in [2.05, 4.69) is 5.43 Å². The number of amides is 1. The first-order valence-corrected chi connectivity index (χ1v) is 3.52. The van der Waals surface area contributed by atoms with Crippen LogP contribution in [0.25, 0.3) is 0 Å². The third-order valence-corrected chi connectivity index (χ3v) is 1.64. The van der Waals surface area contributed by atoms with Crippen molar-refractivity contribution in [2.45, 2.75) is 6.92 Å². The summed E-state index contributed by atoms with van der Waals surface area (Å²) in [5.41, 5.74) is 9.47. The molecule has 64 valence electrons. The number of aryl methyl sites for hydroxylation is 1. The molecule has 0 unspecified atom stereocenters. The van der Waals surface area contributed by atoms with Gasteiger partial charge in [-0.05, 0) is 24.6 Å². The van der Waals surface area contributed by atoms with Crippen molar-refractivity contribution in [3.8, 4) is 0 Å². The molecule has 12 heavy (non-hydrogen) atoms. The molecule has 5 N–H and O–H groups in total. The summed E-state index contributed by atoms with van der Waals surface area (Å²) in [5.74, 6) is 4.66. The van der Waals surface area contributed by atoms with Crippen LogP contribution < -0.4 is 17.0 Å². The summed E-state index contributed by atoms with van der Waals surface area (Å²) < 4.78 is 0. The Morgan fingerprint density at radius 3 is 2.75 bits per heavy atom. The third-order valence-electron chi connectivity index (χ3n) is 1.64. The highest BCUT2D eigenvalue weighted by molar-refractivity contribution is 5.96. The number of carbonyl (C=O) groups is 1.